The van der Waals surface area contributed by atoms with Crippen LogP contribution in [0.25, 0.3) is 0 Å². The van der Waals surface area contributed by atoms with Crippen molar-refractivity contribution in [2.75, 3.05) is 39.3 Å². The molecule has 2 aliphatic rings. The smallest absolute Gasteiger partial charge is 0.233 e. The number of hydrogen-bond acceptors (Lipinski definition) is 6. The molecule has 0 bridgehead atoms. The summed E-state index contributed by atoms with van der Waals surface area (Å²) in [4.78, 5) is 4.93. The van der Waals surface area contributed by atoms with Gasteiger partial charge in [-0.1, -0.05) is 0 Å². The Labute approximate surface area is 120 Å². The summed E-state index contributed by atoms with van der Waals surface area (Å²) in [6.07, 6.45) is 2.90. The lowest BCUT2D eigenvalue weighted by molar-refractivity contribution is 0.0386. The van der Waals surface area contributed by atoms with Crippen molar-refractivity contribution in [3.63, 3.8) is 0 Å². The van der Waals surface area contributed by atoms with Gasteiger partial charge in [-0.3, -0.25) is 9.80 Å². The number of rotatable bonds is 4. The average Bonchev–Trinajstić information content (AvgIpc) is 3.10. The number of nitrogens with zero attached hydrogens (tertiary/aromatic N) is 4. The van der Waals surface area contributed by atoms with Crippen molar-refractivity contribution in [1.29, 1.82) is 0 Å². The van der Waals surface area contributed by atoms with Crippen molar-refractivity contribution in [1.82, 2.24) is 20.0 Å². The zero-order valence-corrected chi connectivity index (χ0v) is 12.4. The van der Waals surface area contributed by atoms with E-state index in [1.807, 2.05) is 6.92 Å². The van der Waals surface area contributed by atoms with Crippen LogP contribution >= 0.6 is 0 Å². The Bertz CT molecular complexity index is 423. The van der Waals surface area contributed by atoms with Crippen LogP contribution in [0.3, 0.4) is 0 Å². The maximum absolute atomic E-state index is 5.71. The number of ether oxygens (including phenoxy) is 1. The zero-order chi connectivity index (χ0) is 13.9. The molecule has 0 aliphatic carbocycles. The highest BCUT2D eigenvalue weighted by Crippen LogP contribution is 2.21. The first-order valence-corrected chi connectivity index (χ1v) is 7.60. The Morgan fingerprint density at radius 2 is 2.05 bits per heavy atom. The molecule has 0 spiro atoms. The third kappa shape index (κ3) is 3.19. The van der Waals surface area contributed by atoms with E-state index in [2.05, 4.69) is 26.9 Å². The summed E-state index contributed by atoms with van der Waals surface area (Å²) in [5.41, 5.74) is 0. The van der Waals surface area contributed by atoms with Gasteiger partial charge < -0.3 is 9.15 Å². The maximum atomic E-state index is 5.71. The van der Waals surface area contributed by atoms with Gasteiger partial charge in [0.25, 0.3) is 0 Å². The molecule has 0 N–H and O–H groups in total. The standard InChI is InChI=1S/C14H24N4O2/c1-11(14-16-15-12(2)20-14)18-7-5-17(6-8-18)10-13-4-3-9-19-13/h11,13H,3-10H2,1-2H3. The van der Waals surface area contributed by atoms with Crippen LogP contribution in [0.1, 0.15) is 37.6 Å². The molecule has 2 aliphatic heterocycles. The van der Waals surface area contributed by atoms with E-state index in [0.29, 0.717) is 12.0 Å². The van der Waals surface area contributed by atoms with E-state index >= 15 is 0 Å². The molecule has 6 heteroatoms. The van der Waals surface area contributed by atoms with Crippen molar-refractivity contribution in [3.8, 4) is 0 Å². The van der Waals surface area contributed by atoms with Crippen LogP contribution in [0.2, 0.25) is 0 Å². The van der Waals surface area contributed by atoms with Crippen molar-refractivity contribution in [2.45, 2.75) is 38.8 Å². The second-order valence-corrected chi connectivity index (χ2v) is 5.81. The Balaban J connectivity index is 1.48. The quantitative estimate of drug-likeness (QED) is 0.827. The fraction of sp³-hybridized carbons (Fsp3) is 0.857. The monoisotopic (exact) mass is 280 g/mol. The van der Waals surface area contributed by atoms with E-state index in [1.54, 1.807) is 0 Å². The Kier molecular flexibility index (Phi) is 4.33. The highest BCUT2D eigenvalue weighted by Gasteiger charge is 2.27. The lowest BCUT2D eigenvalue weighted by Gasteiger charge is -2.37. The van der Waals surface area contributed by atoms with Crippen LogP contribution < -0.4 is 0 Å². The minimum Gasteiger partial charge on any atom is -0.424 e. The summed E-state index contributed by atoms with van der Waals surface area (Å²) >= 11 is 0. The average molecular weight is 280 g/mol. The maximum Gasteiger partial charge on any atom is 0.233 e. The van der Waals surface area contributed by atoms with Crippen LogP contribution in [0.4, 0.5) is 0 Å². The third-order valence-electron chi connectivity index (χ3n) is 4.34. The molecule has 6 nitrogen and oxygen atoms in total. The molecule has 3 heterocycles. The molecule has 2 fully saturated rings. The third-order valence-corrected chi connectivity index (χ3v) is 4.34. The highest BCUT2D eigenvalue weighted by molar-refractivity contribution is 4.90. The van der Waals surface area contributed by atoms with Gasteiger partial charge in [0.2, 0.25) is 11.8 Å². The molecule has 2 unspecified atom stereocenters. The van der Waals surface area contributed by atoms with Crippen molar-refractivity contribution >= 4 is 0 Å². The Hall–Kier alpha value is -0.980. The number of hydrogen-bond donors (Lipinski definition) is 0. The SMILES string of the molecule is Cc1nnc(C(C)N2CCN(CC3CCCO3)CC2)o1. The fourth-order valence-corrected chi connectivity index (χ4v) is 3.05. The van der Waals surface area contributed by atoms with Gasteiger partial charge >= 0.3 is 0 Å². The summed E-state index contributed by atoms with van der Waals surface area (Å²) in [6.45, 7) is 10.3. The van der Waals surface area contributed by atoms with Crippen LogP contribution in [-0.2, 0) is 4.74 Å². The van der Waals surface area contributed by atoms with Gasteiger partial charge in [0, 0.05) is 46.3 Å². The van der Waals surface area contributed by atoms with Crippen LogP contribution in [0.15, 0.2) is 4.42 Å². The minimum atomic E-state index is 0.209. The second kappa shape index (κ2) is 6.20. The fourth-order valence-electron chi connectivity index (χ4n) is 3.05. The summed E-state index contributed by atoms with van der Waals surface area (Å²) in [5, 5.41) is 8.05. The number of aryl methyl sites for hydroxylation is 1. The first kappa shape index (κ1) is 14.0. The van der Waals surface area contributed by atoms with Crippen LogP contribution in [-0.4, -0.2) is 65.4 Å². The normalized spacial score (nSPS) is 27.0. The van der Waals surface area contributed by atoms with Gasteiger partial charge in [0.15, 0.2) is 0 Å². The second-order valence-electron chi connectivity index (χ2n) is 5.81. The van der Waals surface area contributed by atoms with Gasteiger partial charge in [-0.15, -0.1) is 10.2 Å². The largest absolute Gasteiger partial charge is 0.424 e. The molecular formula is C14H24N4O2. The first-order chi connectivity index (χ1) is 9.72. The lowest BCUT2D eigenvalue weighted by atomic mass is 10.2. The Morgan fingerprint density at radius 3 is 2.65 bits per heavy atom. The van der Waals surface area contributed by atoms with Gasteiger partial charge in [-0.2, -0.15) is 0 Å². The highest BCUT2D eigenvalue weighted by atomic mass is 16.5. The van der Waals surface area contributed by atoms with Gasteiger partial charge in [0.05, 0.1) is 12.1 Å². The molecule has 3 rings (SSSR count). The molecule has 2 saturated heterocycles. The van der Waals surface area contributed by atoms with E-state index in [1.165, 1.54) is 12.8 Å². The molecule has 0 amide bonds. The van der Waals surface area contributed by atoms with Gasteiger partial charge in [-0.25, -0.2) is 0 Å². The molecule has 20 heavy (non-hydrogen) atoms. The summed E-state index contributed by atoms with van der Waals surface area (Å²) in [7, 11) is 0. The van der Waals surface area contributed by atoms with E-state index < -0.39 is 0 Å². The lowest BCUT2D eigenvalue weighted by Crippen LogP contribution is -2.49. The number of aromatic nitrogens is 2. The Morgan fingerprint density at radius 1 is 1.25 bits per heavy atom. The van der Waals surface area contributed by atoms with E-state index in [-0.39, 0.29) is 6.04 Å². The molecule has 2 atom stereocenters. The van der Waals surface area contributed by atoms with E-state index in [9.17, 15) is 0 Å². The number of piperazine rings is 1. The summed E-state index contributed by atoms with van der Waals surface area (Å²) in [6, 6.07) is 0.209. The molecule has 0 saturated carbocycles. The van der Waals surface area contributed by atoms with Crippen LogP contribution in [0.5, 0.6) is 0 Å². The molecule has 0 radical (unpaired) electrons. The van der Waals surface area contributed by atoms with E-state index in [0.717, 1.165) is 45.2 Å². The molecular weight excluding hydrogens is 256 g/mol. The molecule has 0 aromatic carbocycles. The van der Waals surface area contributed by atoms with Gasteiger partial charge in [-0.05, 0) is 19.8 Å². The molecule has 1 aromatic heterocycles. The predicted molar refractivity (Wildman–Crippen MR) is 74.4 cm³/mol. The summed E-state index contributed by atoms with van der Waals surface area (Å²) < 4.78 is 11.2. The molecule has 112 valence electrons. The topological polar surface area (TPSA) is 54.6 Å². The summed E-state index contributed by atoms with van der Waals surface area (Å²) in [5.74, 6) is 1.37. The predicted octanol–water partition coefficient (Wildman–Crippen LogP) is 1.24. The van der Waals surface area contributed by atoms with Crippen molar-refractivity contribution < 1.29 is 9.15 Å². The first-order valence-electron chi connectivity index (χ1n) is 7.60. The van der Waals surface area contributed by atoms with Crippen molar-refractivity contribution in [3.05, 3.63) is 11.8 Å². The molecule has 1 aromatic rings. The van der Waals surface area contributed by atoms with Crippen LogP contribution in [0, 0.1) is 6.92 Å². The van der Waals surface area contributed by atoms with Crippen molar-refractivity contribution in [2.24, 2.45) is 0 Å². The van der Waals surface area contributed by atoms with E-state index in [4.69, 9.17) is 9.15 Å². The van der Waals surface area contributed by atoms with Gasteiger partial charge in [0.1, 0.15) is 0 Å². The minimum absolute atomic E-state index is 0.209. The zero-order valence-electron chi connectivity index (χ0n) is 12.4.